The van der Waals surface area contributed by atoms with Crippen molar-refractivity contribution in [2.75, 3.05) is 6.54 Å². The van der Waals surface area contributed by atoms with Crippen LogP contribution in [0.4, 0.5) is 0 Å². The molecule has 0 atom stereocenters. The van der Waals surface area contributed by atoms with E-state index in [-0.39, 0.29) is 17.0 Å². The molecule has 3 rings (SSSR count). The Kier molecular flexibility index (Phi) is 5.13. The topological polar surface area (TPSA) is 16.1 Å². The summed E-state index contributed by atoms with van der Waals surface area (Å²) in [6.45, 7) is 1.90. The van der Waals surface area contributed by atoms with Crippen LogP contribution in [0.15, 0.2) is 73.2 Å². The van der Waals surface area contributed by atoms with Crippen LogP contribution >= 0.6 is 17.0 Å². The third kappa shape index (κ3) is 3.58. The molecule has 2 nitrogen and oxygen atoms in total. The Balaban J connectivity index is 0.00000147. The van der Waals surface area contributed by atoms with Crippen molar-refractivity contribution in [1.29, 1.82) is 0 Å². The maximum atomic E-state index is 4.05. The quantitative estimate of drug-likeness (QED) is 0.844. The van der Waals surface area contributed by atoms with E-state index in [2.05, 4.69) is 58.6 Å². The van der Waals surface area contributed by atoms with Gasteiger partial charge in [0.15, 0.2) is 0 Å². The summed E-state index contributed by atoms with van der Waals surface area (Å²) in [4.78, 5) is 6.35. The van der Waals surface area contributed by atoms with Crippen molar-refractivity contribution in [2.24, 2.45) is 0 Å². The minimum absolute atomic E-state index is 0. The standard InChI is InChI=1S/C17H16N2.BrH/c1-2-4-15(5-3-1)14-19-12-8-17(9-13-19)16-6-10-18-11-7-16;/h1-12H,13-14H2;1H. The van der Waals surface area contributed by atoms with Crippen molar-refractivity contribution in [3.8, 4) is 0 Å². The summed E-state index contributed by atoms with van der Waals surface area (Å²) in [5.74, 6) is 0. The van der Waals surface area contributed by atoms with Crippen molar-refractivity contribution in [3.05, 3.63) is 84.3 Å². The number of halogens is 1. The van der Waals surface area contributed by atoms with Crippen LogP contribution in [0.2, 0.25) is 0 Å². The second-order valence-electron chi connectivity index (χ2n) is 4.63. The smallest absolute Gasteiger partial charge is 0.0427 e. The third-order valence-electron chi connectivity index (χ3n) is 3.25. The Morgan fingerprint density at radius 2 is 1.75 bits per heavy atom. The molecule has 102 valence electrons. The SMILES string of the molecule is Br.C1=CN(Cc2ccccc2)CC=C1c1ccncc1. The van der Waals surface area contributed by atoms with E-state index < -0.39 is 0 Å². The molecule has 0 aliphatic carbocycles. The van der Waals surface area contributed by atoms with Crippen molar-refractivity contribution in [1.82, 2.24) is 9.88 Å². The average molecular weight is 329 g/mol. The number of allylic oxidation sites excluding steroid dienone is 2. The number of hydrogen-bond acceptors (Lipinski definition) is 2. The van der Waals surface area contributed by atoms with Gasteiger partial charge in [0, 0.05) is 31.7 Å². The van der Waals surface area contributed by atoms with Crippen LogP contribution in [0, 0.1) is 0 Å². The number of hydrogen-bond donors (Lipinski definition) is 0. The Morgan fingerprint density at radius 1 is 1.00 bits per heavy atom. The van der Waals surface area contributed by atoms with E-state index in [1.165, 1.54) is 16.7 Å². The van der Waals surface area contributed by atoms with Crippen molar-refractivity contribution in [3.63, 3.8) is 0 Å². The predicted molar refractivity (Wildman–Crippen MR) is 88.5 cm³/mol. The van der Waals surface area contributed by atoms with E-state index >= 15 is 0 Å². The zero-order valence-corrected chi connectivity index (χ0v) is 12.9. The zero-order valence-electron chi connectivity index (χ0n) is 11.1. The van der Waals surface area contributed by atoms with Gasteiger partial charge in [-0.3, -0.25) is 4.98 Å². The van der Waals surface area contributed by atoms with E-state index in [4.69, 9.17) is 0 Å². The maximum Gasteiger partial charge on any atom is 0.0427 e. The van der Waals surface area contributed by atoms with Gasteiger partial charge in [0.1, 0.15) is 0 Å². The fraction of sp³-hybridized carbons (Fsp3) is 0.118. The van der Waals surface area contributed by atoms with Crippen LogP contribution in [0.25, 0.3) is 5.57 Å². The van der Waals surface area contributed by atoms with Gasteiger partial charge in [0.25, 0.3) is 0 Å². The van der Waals surface area contributed by atoms with Gasteiger partial charge < -0.3 is 4.90 Å². The highest BCUT2D eigenvalue weighted by Crippen LogP contribution is 2.19. The number of pyridine rings is 1. The maximum absolute atomic E-state index is 4.05. The highest BCUT2D eigenvalue weighted by atomic mass is 79.9. The van der Waals surface area contributed by atoms with Crippen LogP contribution < -0.4 is 0 Å². The van der Waals surface area contributed by atoms with Gasteiger partial charge >= 0.3 is 0 Å². The van der Waals surface area contributed by atoms with E-state index in [1.54, 1.807) is 0 Å². The lowest BCUT2D eigenvalue weighted by atomic mass is 10.1. The Labute approximate surface area is 130 Å². The molecule has 1 aliphatic rings. The number of rotatable bonds is 3. The summed E-state index contributed by atoms with van der Waals surface area (Å²) in [7, 11) is 0. The predicted octanol–water partition coefficient (Wildman–Crippen LogP) is 4.07. The van der Waals surface area contributed by atoms with Crippen LogP contribution in [-0.2, 0) is 6.54 Å². The molecule has 2 aromatic rings. The molecule has 1 aromatic carbocycles. The van der Waals surface area contributed by atoms with Gasteiger partial charge in [-0.2, -0.15) is 0 Å². The third-order valence-corrected chi connectivity index (χ3v) is 3.25. The number of benzene rings is 1. The molecule has 2 heterocycles. The van der Waals surface area contributed by atoms with Crippen molar-refractivity contribution in [2.45, 2.75) is 6.54 Å². The minimum Gasteiger partial charge on any atom is -0.369 e. The van der Waals surface area contributed by atoms with Crippen LogP contribution in [0.5, 0.6) is 0 Å². The molecule has 0 fully saturated rings. The van der Waals surface area contributed by atoms with Crippen molar-refractivity contribution < 1.29 is 0 Å². The molecule has 0 amide bonds. The molecular formula is C17H17BrN2. The summed E-state index contributed by atoms with van der Waals surface area (Å²) in [6.07, 6.45) is 10.3. The lowest BCUT2D eigenvalue weighted by molar-refractivity contribution is 0.406. The Morgan fingerprint density at radius 3 is 2.40 bits per heavy atom. The fourth-order valence-electron chi connectivity index (χ4n) is 2.22. The average Bonchev–Trinajstić information content (AvgIpc) is 2.50. The Hall–Kier alpha value is -1.87. The van der Waals surface area contributed by atoms with Crippen LogP contribution in [0.1, 0.15) is 11.1 Å². The first-order valence-electron chi connectivity index (χ1n) is 6.48. The molecule has 3 heteroatoms. The van der Waals surface area contributed by atoms with E-state index in [0.29, 0.717) is 0 Å². The molecule has 1 aliphatic heterocycles. The first-order chi connectivity index (χ1) is 9.42. The minimum atomic E-state index is 0. The van der Waals surface area contributed by atoms with Crippen LogP contribution in [0.3, 0.4) is 0 Å². The van der Waals surface area contributed by atoms with E-state index in [1.807, 2.05) is 24.5 Å². The van der Waals surface area contributed by atoms with Gasteiger partial charge in [-0.05, 0) is 34.9 Å². The van der Waals surface area contributed by atoms with Gasteiger partial charge in [-0.25, -0.2) is 0 Å². The highest BCUT2D eigenvalue weighted by Gasteiger charge is 2.06. The first-order valence-corrected chi connectivity index (χ1v) is 6.48. The lowest BCUT2D eigenvalue weighted by Crippen LogP contribution is -2.19. The van der Waals surface area contributed by atoms with Crippen LogP contribution in [-0.4, -0.2) is 16.4 Å². The Bertz CT molecular complexity index is 591. The number of nitrogens with zero attached hydrogens (tertiary/aromatic N) is 2. The number of aromatic nitrogens is 1. The van der Waals surface area contributed by atoms with Gasteiger partial charge in [-0.15, -0.1) is 17.0 Å². The summed E-state index contributed by atoms with van der Waals surface area (Å²) in [6, 6.07) is 14.6. The van der Waals surface area contributed by atoms with Gasteiger partial charge in [0.05, 0.1) is 0 Å². The molecular weight excluding hydrogens is 312 g/mol. The molecule has 0 saturated carbocycles. The highest BCUT2D eigenvalue weighted by molar-refractivity contribution is 8.93. The normalized spacial score (nSPS) is 13.6. The van der Waals surface area contributed by atoms with Gasteiger partial charge in [0.2, 0.25) is 0 Å². The molecule has 0 bridgehead atoms. The fourth-order valence-corrected chi connectivity index (χ4v) is 2.22. The van der Waals surface area contributed by atoms with E-state index in [0.717, 1.165) is 13.1 Å². The summed E-state index contributed by atoms with van der Waals surface area (Å²) in [5, 5.41) is 0. The first kappa shape index (κ1) is 14.5. The molecule has 0 N–H and O–H groups in total. The summed E-state index contributed by atoms with van der Waals surface area (Å²) >= 11 is 0. The largest absolute Gasteiger partial charge is 0.369 e. The second kappa shape index (κ2) is 7.06. The molecule has 20 heavy (non-hydrogen) atoms. The second-order valence-corrected chi connectivity index (χ2v) is 4.63. The monoisotopic (exact) mass is 328 g/mol. The molecule has 0 unspecified atom stereocenters. The zero-order chi connectivity index (χ0) is 12.9. The molecule has 0 saturated heterocycles. The summed E-state index contributed by atoms with van der Waals surface area (Å²) in [5.41, 5.74) is 3.84. The molecule has 0 radical (unpaired) electrons. The van der Waals surface area contributed by atoms with Gasteiger partial charge in [-0.1, -0.05) is 36.4 Å². The molecule has 0 spiro atoms. The molecule has 1 aromatic heterocycles. The van der Waals surface area contributed by atoms with Crippen molar-refractivity contribution >= 4 is 22.6 Å². The van der Waals surface area contributed by atoms with E-state index in [9.17, 15) is 0 Å². The summed E-state index contributed by atoms with van der Waals surface area (Å²) < 4.78 is 0. The lowest BCUT2D eigenvalue weighted by Gasteiger charge is -2.22.